The van der Waals surface area contributed by atoms with Gasteiger partial charge in [-0.2, -0.15) is 10.2 Å². The summed E-state index contributed by atoms with van der Waals surface area (Å²) >= 11 is 0. The van der Waals surface area contributed by atoms with Crippen molar-refractivity contribution in [1.82, 2.24) is 0 Å². The van der Waals surface area contributed by atoms with Crippen LogP contribution in [0.15, 0.2) is 40.6 Å². The second-order valence-corrected chi connectivity index (χ2v) is 3.87. The summed E-state index contributed by atoms with van der Waals surface area (Å²) in [5.74, 6) is 0.504. The SMILES string of the molecule is CC(C)C1C=Cc2ccccc2N=N1. The van der Waals surface area contributed by atoms with Crippen molar-refractivity contribution in [3.05, 3.63) is 35.9 Å². The van der Waals surface area contributed by atoms with E-state index in [1.807, 2.05) is 18.2 Å². The van der Waals surface area contributed by atoms with E-state index in [-0.39, 0.29) is 6.04 Å². The van der Waals surface area contributed by atoms with E-state index in [1.54, 1.807) is 0 Å². The molecule has 1 aromatic carbocycles. The first-order valence-electron chi connectivity index (χ1n) is 4.95. The Hall–Kier alpha value is -1.44. The molecule has 1 unspecified atom stereocenters. The zero-order valence-electron chi connectivity index (χ0n) is 8.51. The minimum absolute atomic E-state index is 0.211. The molecule has 0 bridgehead atoms. The van der Waals surface area contributed by atoms with Crippen LogP contribution < -0.4 is 0 Å². The lowest BCUT2D eigenvalue weighted by Gasteiger charge is -2.07. The van der Waals surface area contributed by atoms with Gasteiger partial charge >= 0.3 is 0 Å². The predicted octanol–water partition coefficient (Wildman–Crippen LogP) is 3.82. The van der Waals surface area contributed by atoms with Gasteiger partial charge in [-0.15, -0.1) is 0 Å². The summed E-state index contributed by atoms with van der Waals surface area (Å²) < 4.78 is 0. The molecule has 0 radical (unpaired) electrons. The van der Waals surface area contributed by atoms with Crippen molar-refractivity contribution in [3.63, 3.8) is 0 Å². The van der Waals surface area contributed by atoms with Gasteiger partial charge in [0.1, 0.15) is 0 Å². The highest BCUT2D eigenvalue weighted by Crippen LogP contribution is 2.25. The van der Waals surface area contributed by atoms with Crippen molar-refractivity contribution in [2.45, 2.75) is 19.9 Å². The summed E-state index contributed by atoms with van der Waals surface area (Å²) in [6, 6.07) is 8.28. The Labute approximate surface area is 84.4 Å². The zero-order chi connectivity index (χ0) is 9.97. The maximum Gasteiger partial charge on any atom is 0.0924 e. The molecule has 1 aliphatic heterocycles. The largest absolute Gasteiger partial charge is 0.181 e. The second kappa shape index (κ2) is 3.74. The molecule has 0 amide bonds. The fourth-order valence-corrected chi connectivity index (χ4v) is 1.44. The normalized spacial score (nSPS) is 19.5. The number of fused-ring (bicyclic) bond motifs is 1. The lowest BCUT2D eigenvalue weighted by atomic mass is 10.0. The molecule has 0 aliphatic carbocycles. The van der Waals surface area contributed by atoms with Gasteiger partial charge in [0.25, 0.3) is 0 Å². The molecule has 0 fully saturated rings. The third-order valence-electron chi connectivity index (χ3n) is 2.39. The van der Waals surface area contributed by atoms with Crippen LogP contribution in [-0.4, -0.2) is 6.04 Å². The van der Waals surface area contributed by atoms with Gasteiger partial charge in [-0.25, -0.2) is 0 Å². The van der Waals surface area contributed by atoms with Crippen LogP contribution in [0.4, 0.5) is 5.69 Å². The lowest BCUT2D eigenvalue weighted by molar-refractivity contribution is 0.557. The maximum absolute atomic E-state index is 4.30. The highest BCUT2D eigenvalue weighted by molar-refractivity contribution is 5.64. The quantitative estimate of drug-likeness (QED) is 0.637. The molecule has 2 nitrogen and oxygen atoms in total. The highest BCUT2D eigenvalue weighted by Gasteiger charge is 2.11. The monoisotopic (exact) mass is 186 g/mol. The molecule has 2 rings (SSSR count). The molecule has 1 aliphatic rings. The predicted molar refractivity (Wildman–Crippen MR) is 58.6 cm³/mol. The number of hydrogen-bond donors (Lipinski definition) is 0. The smallest absolute Gasteiger partial charge is 0.0924 e. The number of rotatable bonds is 1. The van der Waals surface area contributed by atoms with Crippen LogP contribution in [0, 0.1) is 5.92 Å². The van der Waals surface area contributed by atoms with E-state index in [2.05, 4.69) is 42.3 Å². The van der Waals surface area contributed by atoms with E-state index < -0.39 is 0 Å². The topological polar surface area (TPSA) is 24.7 Å². The van der Waals surface area contributed by atoms with Gasteiger partial charge in [0.2, 0.25) is 0 Å². The highest BCUT2D eigenvalue weighted by atomic mass is 15.1. The zero-order valence-corrected chi connectivity index (χ0v) is 8.51. The van der Waals surface area contributed by atoms with Crippen LogP contribution in [0.2, 0.25) is 0 Å². The first-order valence-corrected chi connectivity index (χ1v) is 4.95. The summed E-state index contributed by atoms with van der Waals surface area (Å²) in [4.78, 5) is 0. The molecule has 1 heterocycles. The Kier molecular flexibility index (Phi) is 2.44. The van der Waals surface area contributed by atoms with Gasteiger partial charge in [0.05, 0.1) is 11.7 Å². The molecule has 2 heteroatoms. The standard InChI is InChI=1S/C12H14N2/c1-9(2)11-8-7-10-5-3-4-6-12(10)14-13-11/h3-9,11H,1-2H3. The average Bonchev–Trinajstić information content (AvgIpc) is 2.39. The molecule has 0 saturated carbocycles. The van der Waals surface area contributed by atoms with Crippen molar-refractivity contribution < 1.29 is 0 Å². The van der Waals surface area contributed by atoms with E-state index in [1.165, 1.54) is 0 Å². The Morgan fingerprint density at radius 2 is 2.00 bits per heavy atom. The fraction of sp³-hybridized carbons (Fsp3) is 0.333. The van der Waals surface area contributed by atoms with Crippen molar-refractivity contribution >= 4 is 11.8 Å². The number of azo groups is 1. The molecule has 0 N–H and O–H groups in total. The van der Waals surface area contributed by atoms with Crippen LogP contribution >= 0.6 is 0 Å². The van der Waals surface area contributed by atoms with E-state index in [9.17, 15) is 0 Å². The van der Waals surface area contributed by atoms with Crippen LogP contribution in [-0.2, 0) is 0 Å². The van der Waals surface area contributed by atoms with E-state index in [0.29, 0.717) is 5.92 Å². The first-order chi connectivity index (χ1) is 6.77. The lowest BCUT2D eigenvalue weighted by Crippen LogP contribution is -2.07. The summed E-state index contributed by atoms with van der Waals surface area (Å²) in [6.45, 7) is 4.31. The summed E-state index contributed by atoms with van der Waals surface area (Å²) in [5.41, 5.74) is 2.12. The Morgan fingerprint density at radius 3 is 2.79 bits per heavy atom. The van der Waals surface area contributed by atoms with Crippen LogP contribution in [0.3, 0.4) is 0 Å². The molecule has 1 aromatic rings. The van der Waals surface area contributed by atoms with Crippen molar-refractivity contribution in [2.75, 3.05) is 0 Å². The summed E-state index contributed by atoms with van der Waals surface area (Å²) in [6.07, 6.45) is 4.24. The van der Waals surface area contributed by atoms with Gasteiger partial charge in [0, 0.05) is 5.56 Å². The molecule has 0 saturated heterocycles. The Bertz CT molecular complexity index is 345. The van der Waals surface area contributed by atoms with Crippen LogP contribution in [0.25, 0.3) is 6.08 Å². The van der Waals surface area contributed by atoms with Crippen molar-refractivity contribution in [3.8, 4) is 0 Å². The average molecular weight is 186 g/mol. The van der Waals surface area contributed by atoms with Gasteiger partial charge in [-0.1, -0.05) is 44.2 Å². The van der Waals surface area contributed by atoms with E-state index in [4.69, 9.17) is 0 Å². The molecular weight excluding hydrogens is 172 g/mol. The molecule has 0 aromatic heterocycles. The molecule has 72 valence electrons. The third kappa shape index (κ3) is 1.74. The minimum Gasteiger partial charge on any atom is -0.181 e. The minimum atomic E-state index is 0.211. The van der Waals surface area contributed by atoms with Gasteiger partial charge in [-0.05, 0) is 12.0 Å². The summed E-state index contributed by atoms with van der Waals surface area (Å²) in [7, 11) is 0. The molecule has 1 atom stereocenters. The Morgan fingerprint density at radius 1 is 1.21 bits per heavy atom. The van der Waals surface area contributed by atoms with Gasteiger partial charge in [-0.3, -0.25) is 0 Å². The number of benzene rings is 1. The first kappa shape index (κ1) is 9.13. The van der Waals surface area contributed by atoms with Crippen LogP contribution in [0.1, 0.15) is 19.4 Å². The van der Waals surface area contributed by atoms with Crippen molar-refractivity contribution in [1.29, 1.82) is 0 Å². The van der Waals surface area contributed by atoms with Crippen LogP contribution in [0.5, 0.6) is 0 Å². The molecular formula is C12H14N2. The van der Waals surface area contributed by atoms with E-state index in [0.717, 1.165) is 11.3 Å². The maximum atomic E-state index is 4.30. The van der Waals surface area contributed by atoms with E-state index >= 15 is 0 Å². The number of hydrogen-bond acceptors (Lipinski definition) is 2. The van der Waals surface area contributed by atoms with Gasteiger partial charge < -0.3 is 0 Å². The summed E-state index contributed by atoms with van der Waals surface area (Å²) in [5, 5.41) is 8.55. The second-order valence-electron chi connectivity index (χ2n) is 3.87. The number of nitrogens with zero attached hydrogens (tertiary/aromatic N) is 2. The molecule has 14 heavy (non-hydrogen) atoms. The molecule has 0 spiro atoms. The Balaban J connectivity index is 2.37. The third-order valence-corrected chi connectivity index (χ3v) is 2.39. The van der Waals surface area contributed by atoms with Crippen molar-refractivity contribution in [2.24, 2.45) is 16.1 Å². The fourth-order valence-electron chi connectivity index (χ4n) is 1.44. The van der Waals surface area contributed by atoms with Gasteiger partial charge in [0.15, 0.2) is 0 Å².